The van der Waals surface area contributed by atoms with Gasteiger partial charge < -0.3 is 9.84 Å². The number of benzene rings is 1. The molecular formula is C10H12BrF2NO4S. The Labute approximate surface area is 117 Å². The summed E-state index contributed by atoms with van der Waals surface area (Å²) in [5, 5.41) is 9.32. The molecule has 108 valence electrons. The smallest absolute Gasteiger partial charge is 0.244 e. The van der Waals surface area contributed by atoms with Crippen molar-refractivity contribution in [1.82, 2.24) is 4.72 Å². The van der Waals surface area contributed by atoms with Crippen molar-refractivity contribution < 1.29 is 27.0 Å². The Morgan fingerprint density at radius 2 is 2.11 bits per heavy atom. The third-order valence-electron chi connectivity index (χ3n) is 2.10. The number of sulfonamides is 1. The van der Waals surface area contributed by atoms with Crippen LogP contribution in [0.5, 0.6) is 0 Å². The van der Waals surface area contributed by atoms with E-state index in [0.717, 1.165) is 6.07 Å². The molecule has 1 aromatic rings. The topological polar surface area (TPSA) is 75.6 Å². The number of hydrogen-bond donors (Lipinski definition) is 2. The Kier molecular flexibility index (Phi) is 5.81. The van der Waals surface area contributed by atoms with E-state index >= 15 is 0 Å². The normalized spacial score (nSPS) is 13.5. The molecule has 0 aliphatic heterocycles. The minimum absolute atomic E-state index is 0.0738. The SMILES string of the molecule is COCC(O)CNS(=O)(=O)c1c(F)cc(F)cc1Br. The number of ether oxygens (including phenoxy) is 1. The van der Waals surface area contributed by atoms with Gasteiger partial charge in [-0.05, 0) is 22.0 Å². The lowest BCUT2D eigenvalue weighted by Gasteiger charge is -2.12. The molecule has 1 rings (SSSR count). The molecule has 1 unspecified atom stereocenters. The fourth-order valence-electron chi connectivity index (χ4n) is 1.32. The van der Waals surface area contributed by atoms with Crippen LogP contribution in [-0.4, -0.2) is 39.9 Å². The molecule has 0 aliphatic rings. The molecule has 5 nitrogen and oxygen atoms in total. The molecule has 0 aromatic heterocycles. The lowest BCUT2D eigenvalue weighted by atomic mass is 10.3. The molecule has 2 N–H and O–H groups in total. The van der Waals surface area contributed by atoms with Gasteiger partial charge in [0.05, 0.1) is 12.7 Å². The van der Waals surface area contributed by atoms with E-state index in [4.69, 9.17) is 0 Å². The largest absolute Gasteiger partial charge is 0.389 e. The quantitative estimate of drug-likeness (QED) is 0.794. The number of aliphatic hydroxyl groups excluding tert-OH is 1. The number of halogens is 3. The van der Waals surface area contributed by atoms with Crippen LogP contribution in [0.2, 0.25) is 0 Å². The van der Waals surface area contributed by atoms with Crippen molar-refractivity contribution in [1.29, 1.82) is 0 Å². The van der Waals surface area contributed by atoms with E-state index in [9.17, 15) is 22.3 Å². The number of nitrogens with one attached hydrogen (secondary N) is 1. The van der Waals surface area contributed by atoms with Gasteiger partial charge in [-0.2, -0.15) is 0 Å². The summed E-state index contributed by atoms with van der Waals surface area (Å²) >= 11 is 2.79. The molecule has 0 saturated carbocycles. The predicted molar refractivity (Wildman–Crippen MR) is 67.1 cm³/mol. The van der Waals surface area contributed by atoms with Crippen LogP contribution in [0.15, 0.2) is 21.5 Å². The summed E-state index contributed by atoms with van der Waals surface area (Å²) in [6, 6.07) is 1.30. The predicted octanol–water partition coefficient (Wildman–Crippen LogP) is 1.01. The van der Waals surface area contributed by atoms with E-state index in [1.165, 1.54) is 7.11 Å². The third-order valence-corrected chi connectivity index (χ3v) is 4.49. The van der Waals surface area contributed by atoms with E-state index < -0.39 is 32.7 Å². The average molecular weight is 360 g/mol. The Morgan fingerprint density at radius 1 is 1.47 bits per heavy atom. The molecule has 0 spiro atoms. The standard InChI is InChI=1S/C10H12BrF2NO4S/c1-18-5-7(15)4-14-19(16,17)10-8(11)2-6(12)3-9(10)13/h2-3,7,14-15H,4-5H2,1H3. The van der Waals surface area contributed by atoms with E-state index in [-0.39, 0.29) is 17.6 Å². The molecule has 0 saturated heterocycles. The van der Waals surface area contributed by atoms with Crippen LogP contribution in [0.3, 0.4) is 0 Å². The van der Waals surface area contributed by atoms with Gasteiger partial charge in [-0.3, -0.25) is 0 Å². The second-order valence-electron chi connectivity index (χ2n) is 3.66. The summed E-state index contributed by atoms with van der Waals surface area (Å²) in [6.07, 6.45) is -1.07. The molecule has 1 atom stereocenters. The number of methoxy groups -OCH3 is 1. The second kappa shape index (κ2) is 6.71. The summed E-state index contributed by atoms with van der Waals surface area (Å²) in [5.74, 6) is -2.12. The number of aliphatic hydroxyl groups is 1. The van der Waals surface area contributed by atoms with Gasteiger partial charge in [-0.25, -0.2) is 21.9 Å². The van der Waals surface area contributed by atoms with E-state index in [2.05, 4.69) is 20.7 Å². The molecular weight excluding hydrogens is 348 g/mol. The maximum atomic E-state index is 13.5. The van der Waals surface area contributed by atoms with Crippen molar-refractivity contribution in [3.05, 3.63) is 28.2 Å². The van der Waals surface area contributed by atoms with Crippen molar-refractivity contribution in [3.8, 4) is 0 Å². The fraction of sp³-hybridized carbons (Fsp3) is 0.400. The molecule has 0 heterocycles. The zero-order chi connectivity index (χ0) is 14.6. The Morgan fingerprint density at radius 3 is 2.63 bits per heavy atom. The molecule has 9 heteroatoms. The molecule has 0 radical (unpaired) electrons. The maximum absolute atomic E-state index is 13.5. The first kappa shape index (κ1) is 16.4. The van der Waals surface area contributed by atoms with Gasteiger partial charge in [0.2, 0.25) is 10.0 Å². The summed E-state index contributed by atoms with van der Waals surface area (Å²) < 4.78 is 56.4. The minimum Gasteiger partial charge on any atom is -0.389 e. The summed E-state index contributed by atoms with van der Waals surface area (Å²) in [5.41, 5.74) is 0. The van der Waals surface area contributed by atoms with Crippen LogP contribution >= 0.6 is 15.9 Å². The highest BCUT2D eigenvalue weighted by molar-refractivity contribution is 9.10. The van der Waals surface area contributed by atoms with Crippen LogP contribution < -0.4 is 4.72 Å². The van der Waals surface area contributed by atoms with Crippen LogP contribution in [0.25, 0.3) is 0 Å². The first-order valence-electron chi connectivity index (χ1n) is 5.09. The van der Waals surface area contributed by atoms with Gasteiger partial charge in [-0.15, -0.1) is 0 Å². The maximum Gasteiger partial charge on any atom is 0.244 e. The van der Waals surface area contributed by atoms with Gasteiger partial charge in [0, 0.05) is 24.2 Å². The lowest BCUT2D eigenvalue weighted by Crippen LogP contribution is -2.35. The highest BCUT2D eigenvalue weighted by atomic mass is 79.9. The first-order chi connectivity index (χ1) is 8.77. The van der Waals surface area contributed by atoms with E-state index in [0.29, 0.717) is 6.07 Å². The zero-order valence-corrected chi connectivity index (χ0v) is 12.3. The van der Waals surface area contributed by atoms with Crippen molar-refractivity contribution >= 4 is 26.0 Å². The van der Waals surface area contributed by atoms with E-state index in [1.54, 1.807) is 0 Å². The summed E-state index contributed by atoms with van der Waals surface area (Å²) in [6.45, 7) is -0.422. The third kappa shape index (κ3) is 4.46. The first-order valence-corrected chi connectivity index (χ1v) is 7.36. The fourth-order valence-corrected chi connectivity index (χ4v) is 3.55. The van der Waals surface area contributed by atoms with Crippen molar-refractivity contribution in [2.24, 2.45) is 0 Å². The minimum atomic E-state index is -4.21. The van der Waals surface area contributed by atoms with Crippen LogP contribution in [0, 0.1) is 11.6 Å². The highest BCUT2D eigenvalue weighted by Crippen LogP contribution is 2.25. The van der Waals surface area contributed by atoms with Crippen LogP contribution in [-0.2, 0) is 14.8 Å². The Bertz CT molecular complexity index is 529. The molecule has 0 amide bonds. The van der Waals surface area contributed by atoms with Crippen molar-refractivity contribution in [2.45, 2.75) is 11.0 Å². The van der Waals surface area contributed by atoms with Gasteiger partial charge >= 0.3 is 0 Å². The van der Waals surface area contributed by atoms with Crippen LogP contribution in [0.4, 0.5) is 8.78 Å². The van der Waals surface area contributed by atoms with E-state index in [1.807, 2.05) is 4.72 Å². The van der Waals surface area contributed by atoms with Crippen molar-refractivity contribution in [2.75, 3.05) is 20.3 Å². The van der Waals surface area contributed by atoms with Gasteiger partial charge in [-0.1, -0.05) is 0 Å². The second-order valence-corrected chi connectivity index (χ2v) is 6.22. The molecule has 0 fully saturated rings. The lowest BCUT2D eigenvalue weighted by molar-refractivity contribution is 0.0679. The summed E-state index contributed by atoms with van der Waals surface area (Å²) in [7, 11) is -2.86. The Balaban J connectivity index is 2.95. The molecule has 1 aromatic carbocycles. The average Bonchev–Trinajstić information content (AvgIpc) is 2.25. The number of rotatable bonds is 6. The summed E-state index contributed by atoms with van der Waals surface area (Å²) in [4.78, 5) is -0.710. The molecule has 0 aliphatic carbocycles. The Hall–Kier alpha value is -0.610. The van der Waals surface area contributed by atoms with Gasteiger partial charge in [0.25, 0.3) is 0 Å². The van der Waals surface area contributed by atoms with Crippen LogP contribution in [0.1, 0.15) is 0 Å². The molecule has 19 heavy (non-hydrogen) atoms. The van der Waals surface area contributed by atoms with Crippen molar-refractivity contribution in [3.63, 3.8) is 0 Å². The van der Waals surface area contributed by atoms with Gasteiger partial charge in [0.1, 0.15) is 16.5 Å². The number of hydrogen-bond acceptors (Lipinski definition) is 4. The van der Waals surface area contributed by atoms with Gasteiger partial charge in [0.15, 0.2) is 0 Å². The zero-order valence-electron chi connectivity index (χ0n) is 9.86. The molecule has 0 bridgehead atoms. The highest BCUT2D eigenvalue weighted by Gasteiger charge is 2.24. The monoisotopic (exact) mass is 359 g/mol.